The van der Waals surface area contributed by atoms with Gasteiger partial charge < -0.3 is 5.32 Å². The lowest BCUT2D eigenvalue weighted by atomic mass is 10.0. The number of nitrogens with one attached hydrogen (secondary N) is 2. The second kappa shape index (κ2) is 4.28. The zero-order valence-corrected chi connectivity index (χ0v) is 12.4. The van der Waals surface area contributed by atoms with Gasteiger partial charge in [0.15, 0.2) is 5.71 Å². The summed E-state index contributed by atoms with van der Waals surface area (Å²) in [6.07, 6.45) is 2.89. The van der Waals surface area contributed by atoms with Gasteiger partial charge >= 0.3 is 6.03 Å². The Kier molecular flexibility index (Phi) is 2.76. The summed E-state index contributed by atoms with van der Waals surface area (Å²) in [5, 5.41) is 11.8. The molecule has 7 heteroatoms. The minimum Gasteiger partial charge on any atom is -0.340 e. The molecule has 0 saturated heterocycles. The first-order valence-electron chi connectivity index (χ1n) is 6.76. The summed E-state index contributed by atoms with van der Waals surface area (Å²) in [5.41, 5.74) is 6.27. The number of rotatable bonds is 1. The first-order chi connectivity index (χ1) is 9.82. The SMILES string of the molecule is CNC(=O)N(NC(=O)C1=NN=C2C1=CC1=C2C1)C(C)(C)C. The van der Waals surface area contributed by atoms with Crippen LogP contribution in [0.1, 0.15) is 27.2 Å². The Morgan fingerprint density at radius 3 is 2.62 bits per heavy atom. The number of amides is 3. The molecule has 0 aromatic heterocycles. The van der Waals surface area contributed by atoms with E-state index in [4.69, 9.17) is 0 Å². The number of urea groups is 1. The maximum absolute atomic E-state index is 12.4. The van der Waals surface area contributed by atoms with Crippen LogP contribution in [0.2, 0.25) is 0 Å². The molecule has 1 aliphatic heterocycles. The number of hydrogen-bond acceptors (Lipinski definition) is 4. The van der Waals surface area contributed by atoms with Crippen LogP contribution in [-0.2, 0) is 4.79 Å². The normalized spacial score (nSPS) is 18.4. The molecule has 0 spiro atoms. The molecule has 110 valence electrons. The first kappa shape index (κ1) is 13.5. The molecule has 1 heterocycles. The molecule has 0 unspecified atom stereocenters. The van der Waals surface area contributed by atoms with Gasteiger partial charge in [-0.25, -0.2) is 9.80 Å². The van der Waals surface area contributed by atoms with Gasteiger partial charge in [0.25, 0.3) is 5.91 Å². The summed E-state index contributed by atoms with van der Waals surface area (Å²) in [6, 6.07) is -0.386. The molecular weight excluding hydrogens is 270 g/mol. The Morgan fingerprint density at radius 2 is 2.00 bits per heavy atom. The van der Waals surface area contributed by atoms with E-state index in [0.29, 0.717) is 0 Å². The number of carbonyl (C=O) groups is 2. The molecule has 2 N–H and O–H groups in total. The average molecular weight is 287 g/mol. The third-order valence-corrected chi connectivity index (χ3v) is 3.51. The van der Waals surface area contributed by atoms with Crippen LogP contribution in [0.5, 0.6) is 0 Å². The van der Waals surface area contributed by atoms with Crippen molar-refractivity contribution in [1.29, 1.82) is 0 Å². The molecule has 0 saturated carbocycles. The number of carbonyl (C=O) groups excluding carboxylic acids is 2. The molecule has 0 radical (unpaired) electrons. The minimum absolute atomic E-state index is 0.260. The Morgan fingerprint density at radius 1 is 1.29 bits per heavy atom. The number of allylic oxidation sites excluding steroid dienone is 3. The Hall–Kier alpha value is -2.44. The first-order valence-corrected chi connectivity index (χ1v) is 6.76. The van der Waals surface area contributed by atoms with Crippen molar-refractivity contribution >= 4 is 23.4 Å². The van der Waals surface area contributed by atoms with Crippen molar-refractivity contribution in [2.24, 2.45) is 10.2 Å². The molecule has 0 bridgehead atoms. The van der Waals surface area contributed by atoms with Crippen molar-refractivity contribution in [3.05, 3.63) is 22.8 Å². The summed E-state index contributed by atoms with van der Waals surface area (Å²) >= 11 is 0. The molecule has 2 aliphatic carbocycles. The summed E-state index contributed by atoms with van der Waals surface area (Å²) in [7, 11) is 1.52. The van der Waals surface area contributed by atoms with E-state index < -0.39 is 11.4 Å². The van der Waals surface area contributed by atoms with Gasteiger partial charge in [-0.15, -0.1) is 10.2 Å². The molecule has 0 fully saturated rings. The van der Waals surface area contributed by atoms with Crippen LogP contribution in [0.3, 0.4) is 0 Å². The highest BCUT2D eigenvalue weighted by molar-refractivity contribution is 6.56. The van der Waals surface area contributed by atoms with Crippen LogP contribution in [-0.4, -0.2) is 41.0 Å². The molecule has 3 amide bonds. The van der Waals surface area contributed by atoms with Gasteiger partial charge in [0, 0.05) is 19.0 Å². The van der Waals surface area contributed by atoms with E-state index in [1.54, 1.807) is 0 Å². The zero-order valence-electron chi connectivity index (χ0n) is 12.4. The fraction of sp³-hybridized carbons (Fsp3) is 0.429. The highest BCUT2D eigenvalue weighted by Gasteiger charge is 2.41. The molecule has 3 aliphatic rings. The van der Waals surface area contributed by atoms with E-state index in [-0.39, 0.29) is 11.7 Å². The number of hydrazine groups is 1. The van der Waals surface area contributed by atoms with Crippen LogP contribution < -0.4 is 10.7 Å². The summed E-state index contributed by atoms with van der Waals surface area (Å²) in [5.74, 6) is -0.430. The standard InChI is InChI=1S/C14H17N5O2/c1-14(2,3)19(13(21)15-4)18-12(20)11-9-6-7-5-8(7)10(9)16-17-11/h6H,5H2,1-4H3,(H,15,21)(H,18,20). The van der Waals surface area contributed by atoms with Crippen LogP contribution >= 0.6 is 0 Å². The van der Waals surface area contributed by atoms with Crippen molar-refractivity contribution in [2.45, 2.75) is 32.7 Å². The monoisotopic (exact) mass is 287 g/mol. The van der Waals surface area contributed by atoms with Gasteiger partial charge in [0.05, 0.1) is 11.3 Å². The largest absolute Gasteiger partial charge is 0.340 e. The molecule has 3 rings (SSSR count). The summed E-state index contributed by atoms with van der Waals surface area (Å²) in [4.78, 5) is 24.3. The maximum atomic E-state index is 12.4. The molecule has 0 aromatic rings. The van der Waals surface area contributed by atoms with E-state index >= 15 is 0 Å². The fourth-order valence-corrected chi connectivity index (χ4v) is 2.33. The second-order valence-electron chi connectivity index (χ2n) is 6.14. The van der Waals surface area contributed by atoms with Crippen LogP contribution in [0.15, 0.2) is 33.0 Å². The second-order valence-corrected chi connectivity index (χ2v) is 6.14. The topological polar surface area (TPSA) is 86.2 Å². The quantitative estimate of drug-likeness (QED) is 0.702. The van der Waals surface area contributed by atoms with Crippen molar-refractivity contribution < 1.29 is 9.59 Å². The third-order valence-electron chi connectivity index (χ3n) is 3.51. The van der Waals surface area contributed by atoms with Gasteiger partial charge in [0.1, 0.15) is 0 Å². The Balaban J connectivity index is 1.75. The zero-order chi connectivity index (χ0) is 15.4. The van der Waals surface area contributed by atoms with Gasteiger partial charge in [-0.2, -0.15) is 0 Å². The van der Waals surface area contributed by atoms with E-state index in [2.05, 4.69) is 20.9 Å². The van der Waals surface area contributed by atoms with Crippen molar-refractivity contribution in [2.75, 3.05) is 7.05 Å². The lowest BCUT2D eigenvalue weighted by molar-refractivity contribution is -0.119. The van der Waals surface area contributed by atoms with E-state index in [0.717, 1.165) is 17.7 Å². The number of nitrogens with zero attached hydrogens (tertiary/aromatic N) is 3. The maximum Gasteiger partial charge on any atom is 0.336 e. The smallest absolute Gasteiger partial charge is 0.336 e. The highest BCUT2D eigenvalue weighted by atomic mass is 16.2. The lowest BCUT2D eigenvalue weighted by Crippen LogP contribution is -2.59. The van der Waals surface area contributed by atoms with E-state index in [9.17, 15) is 9.59 Å². The summed E-state index contributed by atoms with van der Waals surface area (Å²) < 4.78 is 0. The van der Waals surface area contributed by atoms with E-state index in [1.807, 2.05) is 26.8 Å². The summed E-state index contributed by atoms with van der Waals surface area (Å²) in [6.45, 7) is 5.49. The molecule has 7 nitrogen and oxygen atoms in total. The van der Waals surface area contributed by atoms with Crippen molar-refractivity contribution in [1.82, 2.24) is 15.8 Å². The van der Waals surface area contributed by atoms with Crippen LogP contribution in [0.4, 0.5) is 4.79 Å². The highest BCUT2D eigenvalue weighted by Crippen LogP contribution is 2.43. The van der Waals surface area contributed by atoms with Gasteiger partial charge in [0.2, 0.25) is 0 Å². The molecule has 0 atom stereocenters. The van der Waals surface area contributed by atoms with Crippen molar-refractivity contribution in [3.63, 3.8) is 0 Å². The van der Waals surface area contributed by atoms with Crippen LogP contribution in [0.25, 0.3) is 0 Å². The average Bonchev–Trinajstić information content (AvgIpc) is 2.89. The van der Waals surface area contributed by atoms with E-state index in [1.165, 1.54) is 23.2 Å². The Labute approximate surface area is 122 Å². The van der Waals surface area contributed by atoms with Crippen molar-refractivity contribution in [3.8, 4) is 0 Å². The Bertz CT molecular complexity index is 676. The third kappa shape index (κ3) is 2.14. The van der Waals surface area contributed by atoms with Gasteiger partial charge in [-0.3, -0.25) is 10.2 Å². The number of hydrogen-bond donors (Lipinski definition) is 2. The minimum atomic E-state index is -0.561. The van der Waals surface area contributed by atoms with Gasteiger partial charge in [-0.05, 0) is 38.0 Å². The molecule has 21 heavy (non-hydrogen) atoms. The fourth-order valence-electron chi connectivity index (χ4n) is 2.33. The number of fused-ring (bicyclic) bond motifs is 2. The molecular formula is C14H17N5O2. The predicted molar refractivity (Wildman–Crippen MR) is 78.8 cm³/mol. The lowest BCUT2D eigenvalue weighted by Gasteiger charge is -2.34. The predicted octanol–water partition coefficient (Wildman–Crippen LogP) is 0.908. The van der Waals surface area contributed by atoms with Crippen LogP contribution in [0, 0.1) is 0 Å². The molecule has 0 aromatic carbocycles. The van der Waals surface area contributed by atoms with Gasteiger partial charge in [-0.1, -0.05) is 0 Å².